The van der Waals surface area contributed by atoms with Gasteiger partial charge < -0.3 is 11.1 Å². The second kappa shape index (κ2) is 3.00. The maximum absolute atomic E-state index is 10.7. The Morgan fingerprint density at radius 3 is 3.09 bits per heavy atom. The van der Waals surface area contributed by atoms with Crippen molar-refractivity contribution in [2.45, 2.75) is 6.54 Å². The Hall–Kier alpha value is -1.59. The highest BCUT2D eigenvalue weighted by atomic mass is 16.1. The third-order valence-electron chi connectivity index (χ3n) is 1.14. The van der Waals surface area contributed by atoms with Crippen molar-refractivity contribution in [2.24, 2.45) is 0 Å². The van der Waals surface area contributed by atoms with E-state index < -0.39 is 0 Å². The molecular weight excluding hydrogens is 146 g/mol. The number of carbonyl (C=O) groups is 1. The monoisotopic (exact) mass is 155 g/mol. The number of nitrogen functional groups attached to an aromatic ring is 1. The van der Waals surface area contributed by atoms with Gasteiger partial charge in [-0.2, -0.15) is 0 Å². The molecule has 6 nitrogen and oxygen atoms in total. The summed E-state index contributed by atoms with van der Waals surface area (Å²) < 4.78 is 1.37. The normalized spacial score (nSPS) is 9.55. The van der Waals surface area contributed by atoms with E-state index in [2.05, 4.69) is 15.4 Å². The molecule has 11 heavy (non-hydrogen) atoms. The first-order valence-electron chi connectivity index (χ1n) is 3.08. The average molecular weight is 155 g/mol. The lowest BCUT2D eigenvalue weighted by Gasteiger charge is -1.96. The summed E-state index contributed by atoms with van der Waals surface area (Å²) in [7, 11) is 1.56. The molecule has 1 aromatic rings. The molecule has 1 rings (SSSR count). The van der Waals surface area contributed by atoms with Crippen molar-refractivity contribution in [1.82, 2.24) is 20.1 Å². The van der Waals surface area contributed by atoms with Gasteiger partial charge in [0.15, 0.2) is 0 Å². The van der Waals surface area contributed by atoms with Crippen LogP contribution in [0.3, 0.4) is 0 Å². The number of aromatic nitrogens is 3. The van der Waals surface area contributed by atoms with Crippen LogP contribution in [0.2, 0.25) is 0 Å². The van der Waals surface area contributed by atoms with E-state index in [-0.39, 0.29) is 18.4 Å². The van der Waals surface area contributed by atoms with Gasteiger partial charge in [-0.3, -0.25) is 4.79 Å². The van der Waals surface area contributed by atoms with E-state index in [9.17, 15) is 4.79 Å². The highest BCUT2D eigenvalue weighted by Crippen LogP contribution is 1.87. The van der Waals surface area contributed by atoms with Crippen LogP contribution in [-0.4, -0.2) is 27.7 Å². The van der Waals surface area contributed by atoms with Crippen LogP contribution in [-0.2, 0) is 11.3 Å². The van der Waals surface area contributed by atoms with Crippen LogP contribution in [0.15, 0.2) is 6.33 Å². The summed E-state index contributed by atoms with van der Waals surface area (Å²) in [6.45, 7) is 0.153. The van der Waals surface area contributed by atoms with Gasteiger partial charge in [-0.25, -0.2) is 9.67 Å². The zero-order chi connectivity index (χ0) is 8.27. The highest BCUT2D eigenvalue weighted by molar-refractivity contribution is 5.75. The van der Waals surface area contributed by atoms with E-state index >= 15 is 0 Å². The Balaban J connectivity index is 2.57. The number of amides is 1. The fraction of sp³-hybridized carbons (Fsp3) is 0.400. The van der Waals surface area contributed by atoms with Crippen LogP contribution >= 0.6 is 0 Å². The quantitative estimate of drug-likeness (QED) is 0.550. The zero-order valence-electron chi connectivity index (χ0n) is 6.11. The topological polar surface area (TPSA) is 85.8 Å². The summed E-state index contributed by atoms with van der Waals surface area (Å²) in [6.07, 6.45) is 1.41. The smallest absolute Gasteiger partial charge is 0.241 e. The number of hydrogen-bond donors (Lipinski definition) is 2. The second-order valence-corrected chi connectivity index (χ2v) is 1.97. The number of nitrogens with one attached hydrogen (secondary N) is 1. The van der Waals surface area contributed by atoms with E-state index in [0.29, 0.717) is 0 Å². The molecule has 0 saturated carbocycles. The first-order chi connectivity index (χ1) is 5.22. The van der Waals surface area contributed by atoms with E-state index in [0.717, 1.165) is 0 Å². The second-order valence-electron chi connectivity index (χ2n) is 1.97. The van der Waals surface area contributed by atoms with Crippen molar-refractivity contribution in [3.63, 3.8) is 0 Å². The standard InChI is InChI=1S/C5H9N5O/c1-7-4(11)2-10-3-8-5(6)9-10/h3H,2H2,1H3,(H2,6,9)(H,7,11). The van der Waals surface area contributed by atoms with Crippen LogP contribution in [0.25, 0.3) is 0 Å². The molecule has 0 aliphatic carbocycles. The largest absolute Gasteiger partial charge is 0.367 e. The van der Waals surface area contributed by atoms with E-state index in [1.807, 2.05) is 0 Å². The van der Waals surface area contributed by atoms with E-state index in [1.165, 1.54) is 11.0 Å². The molecule has 0 spiro atoms. The predicted molar refractivity (Wildman–Crippen MR) is 38.5 cm³/mol. The Labute approximate surface area is 63.4 Å². The van der Waals surface area contributed by atoms with Crippen molar-refractivity contribution in [1.29, 1.82) is 0 Å². The van der Waals surface area contributed by atoms with Crippen molar-refractivity contribution >= 4 is 11.9 Å². The molecular formula is C5H9N5O. The third kappa shape index (κ3) is 1.92. The molecule has 1 aromatic heterocycles. The number of anilines is 1. The average Bonchev–Trinajstić information content (AvgIpc) is 2.35. The summed E-state index contributed by atoms with van der Waals surface area (Å²) in [5, 5.41) is 6.18. The SMILES string of the molecule is CNC(=O)Cn1cnc(N)n1. The van der Waals surface area contributed by atoms with Crippen molar-refractivity contribution in [3.8, 4) is 0 Å². The lowest BCUT2D eigenvalue weighted by molar-refractivity contribution is -0.121. The Morgan fingerprint density at radius 1 is 1.91 bits per heavy atom. The van der Waals surface area contributed by atoms with Crippen molar-refractivity contribution in [3.05, 3.63) is 6.33 Å². The van der Waals surface area contributed by atoms with Gasteiger partial charge in [0.25, 0.3) is 0 Å². The molecule has 3 N–H and O–H groups in total. The molecule has 0 fully saturated rings. The minimum atomic E-state index is -0.130. The number of carbonyl (C=O) groups excluding carboxylic acids is 1. The lowest BCUT2D eigenvalue weighted by atomic mass is 10.6. The number of nitrogens with zero attached hydrogens (tertiary/aromatic N) is 3. The molecule has 0 saturated heterocycles. The molecule has 0 radical (unpaired) electrons. The molecule has 6 heteroatoms. The third-order valence-corrected chi connectivity index (χ3v) is 1.14. The first kappa shape index (κ1) is 7.52. The van der Waals surface area contributed by atoms with Crippen LogP contribution in [0.1, 0.15) is 0 Å². The molecule has 0 aromatic carbocycles. The van der Waals surface area contributed by atoms with Crippen LogP contribution < -0.4 is 11.1 Å². The van der Waals surface area contributed by atoms with Crippen LogP contribution in [0.5, 0.6) is 0 Å². The Morgan fingerprint density at radius 2 is 2.64 bits per heavy atom. The van der Waals surface area contributed by atoms with E-state index in [1.54, 1.807) is 7.05 Å². The summed E-state index contributed by atoms with van der Waals surface area (Å²) >= 11 is 0. The van der Waals surface area contributed by atoms with Gasteiger partial charge >= 0.3 is 0 Å². The molecule has 0 bridgehead atoms. The minimum absolute atomic E-state index is 0.130. The van der Waals surface area contributed by atoms with Crippen molar-refractivity contribution in [2.75, 3.05) is 12.8 Å². The number of hydrogen-bond acceptors (Lipinski definition) is 4. The molecule has 0 aliphatic heterocycles. The lowest BCUT2D eigenvalue weighted by Crippen LogP contribution is -2.23. The van der Waals surface area contributed by atoms with Gasteiger partial charge in [-0.15, -0.1) is 5.10 Å². The van der Waals surface area contributed by atoms with E-state index in [4.69, 9.17) is 5.73 Å². The van der Waals surface area contributed by atoms with Crippen molar-refractivity contribution < 1.29 is 4.79 Å². The molecule has 0 unspecified atom stereocenters. The maximum Gasteiger partial charge on any atom is 0.241 e. The summed E-state index contributed by atoms with van der Waals surface area (Å²) in [5.41, 5.74) is 5.22. The Kier molecular flexibility index (Phi) is 2.05. The summed E-state index contributed by atoms with van der Waals surface area (Å²) in [5.74, 6) is 0.0452. The minimum Gasteiger partial charge on any atom is -0.367 e. The van der Waals surface area contributed by atoms with Crippen LogP contribution in [0.4, 0.5) is 5.95 Å². The van der Waals surface area contributed by atoms with Gasteiger partial charge in [-0.05, 0) is 0 Å². The van der Waals surface area contributed by atoms with Gasteiger partial charge in [0.05, 0.1) is 0 Å². The summed E-state index contributed by atoms with van der Waals surface area (Å²) in [6, 6.07) is 0. The molecule has 0 aliphatic rings. The fourth-order valence-electron chi connectivity index (χ4n) is 0.611. The maximum atomic E-state index is 10.7. The molecule has 60 valence electrons. The van der Waals surface area contributed by atoms with Gasteiger partial charge in [0.2, 0.25) is 11.9 Å². The van der Waals surface area contributed by atoms with Gasteiger partial charge in [0, 0.05) is 7.05 Å². The predicted octanol–water partition coefficient (Wildman–Crippen LogP) is -1.39. The molecule has 0 atom stereocenters. The first-order valence-corrected chi connectivity index (χ1v) is 3.08. The summed E-state index contributed by atoms with van der Waals surface area (Å²) in [4.78, 5) is 14.4. The number of rotatable bonds is 2. The Bertz CT molecular complexity index is 255. The molecule has 1 heterocycles. The number of nitrogens with two attached hydrogens (primary N) is 1. The van der Waals surface area contributed by atoms with Crippen LogP contribution in [0, 0.1) is 0 Å². The highest BCUT2D eigenvalue weighted by Gasteiger charge is 2.00. The zero-order valence-corrected chi connectivity index (χ0v) is 6.11. The fourth-order valence-corrected chi connectivity index (χ4v) is 0.611. The van der Waals surface area contributed by atoms with Gasteiger partial charge in [0.1, 0.15) is 12.9 Å². The van der Waals surface area contributed by atoms with Gasteiger partial charge in [-0.1, -0.05) is 0 Å². The molecule has 1 amide bonds. The number of likely N-dealkylation sites (N-methyl/N-ethyl adjacent to an activating group) is 1.